The van der Waals surface area contributed by atoms with Gasteiger partial charge in [-0.15, -0.1) is 0 Å². The van der Waals surface area contributed by atoms with Gasteiger partial charge < -0.3 is 20.1 Å². The van der Waals surface area contributed by atoms with Gasteiger partial charge in [-0.25, -0.2) is 9.97 Å². The molecule has 0 spiro atoms. The summed E-state index contributed by atoms with van der Waals surface area (Å²) >= 11 is 0. The molecule has 1 aromatic carbocycles. The van der Waals surface area contributed by atoms with Crippen molar-refractivity contribution < 1.29 is 14.3 Å². The highest BCUT2D eigenvalue weighted by molar-refractivity contribution is 5.93. The molecule has 0 saturated heterocycles. The first kappa shape index (κ1) is 17.5. The van der Waals surface area contributed by atoms with Gasteiger partial charge in [-0.3, -0.25) is 4.79 Å². The van der Waals surface area contributed by atoms with Crippen LogP contribution in [-0.4, -0.2) is 36.1 Å². The molecule has 0 saturated carbocycles. The van der Waals surface area contributed by atoms with Gasteiger partial charge in [-0.2, -0.15) is 0 Å². The molecular weight excluding hydrogens is 308 g/mol. The number of hydrogen-bond donors (Lipinski definition) is 2. The van der Waals surface area contributed by atoms with E-state index in [9.17, 15) is 4.79 Å². The summed E-state index contributed by atoms with van der Waals surface area (Å²) < 4.78 is 10.5. The topological polar surface area (TPSA) is 85.4 Å². The number of aromatic nitrogens is 2. The minimum atomic E-state index is -0.185. The standard InChI is InChI=1S/C17H22N4O3/c1-5-11(2)20-16(22)12-9-18-17(19-10-12)21-14-8-13(23-3)6-7-15(14)24-4/h6-11H,5H2,1-4H3,(H,20,22)(H,18,19,21). The molecular formula is C17H22N4O3. The van der Waals surface area contributed by atoms with E-state index in [0.29, 0.717) is 28.7 Å². The van der Waals surface area contributed by atoms with Crippen LogP contribution in [0.4, 0.5) is 11.6 Å². The van der Waals surface area contributed by atoms with Crippen molar-refractivity contribution in [3.63, 3.8) is 0 Å². The maximum Gasteiger partial charge on any atom is 0.254 e. The van der Waals surface area contributed by atoms with Crippen molar-refractivity contribution >= 4 is 17.5 Å². The van der Waals surface area contributed by atoms with Crippen molar-refractivity contribution in [1.29, 1.82) is 0 Å². The molecule has 0 radical (unpaired) electrons. The Morgan fingerprint density at radius 3 is 2.50 bits per heavy atom. The molecule has 24 heavy (non-hydrogen) atoms. The van der Waals surface area contributed by atoms with Gasteiger partial charge in [0.15, 0.2) is 0 Å². The second-order valence-electron chi connectivity index (χ2n) is 5.27. The first-order valence-electron chi connectivity index (χ1n) is 7.69. The second kappa shape index (κ2) is 8.14. The molecule has 2 N–H and O–H groups in total. The van der Waals surface area contributed by atoms with Gasteiger partial charge in [0.2, 0.25) is 5.95 Å². The van der Waals surface area contributed by atoms with E-state index in [1.165, 1.54) is 12.4 Å². The van der Waals surface area contributed by atoms with Gasteiger partial charge >= 0.3 is 0 Å². The summed E-state index contributed by atoms with van der Waals surface area (Å²) in [6.45, 7) is 3.96. The molecule has 1 heterocycles. The van der Waals surface area contributed by atoms with Crippen LogP contribution in [-0.2, 0) is 0 Å². The number of carbonyl (C=O) groups is 1. The molecule has 0 aliphatic rings. The van der Waals surface area contributed by atoms with Gasteiger partial charge in [0, 0.05) is 24.5 Å². The number of rotatable bonds is 7. The zero-order valence-electron chi connectivity index (χ0n) is 14.3. The molecule has 0 aliphatic carbocycles. The Balaban J connectivity index is 2.13. The average Bonchev–Trinajstić information content (AvgIpc) is 2.62. The van der Waals surface area contributed by atoms with Crippen LogP contribution in [0.15, 0.2) is 30.6 Å². The summed E-state index contributed by atoms with van der Waals surface area (Å²) in [5, 5.41) is 5.93. The van der Waals surface area contributed by atoms with Crippen LogP contribution >= 0.6 is 0 Å². The lowest BCUT2D eigenvalue weighted by Gasteiger charge is -2.12. The van der Waals surface area contributed by atoms with Crippen LogP contribution < -0.4 is 20.1 Å². The third-order valence-electron chi connectivity index (χ3n) is 3.56. The van der Waals surface area contributed by atoms with E-state index >= 15 is 0 Å². The van der Waals surface area contributed by atoms with Crippen LogP contribution in [0.25, 0.3) is 0 Å². The quantitative estimate of drug-likeness (QED) is 0.812. The Bertz CT molecular complexity index is 689. The Kier molecular flexibility index (Phi) is 5.95. The smallest absolute Gasteiger partial charge is 0.254 e. The first-order valence-corrected chi connectivity index (χ1v) is 7.69. The summed E-state index contributed by atoms with van der Waals surface area (Å²) in [5.41, 5.74) is 1.09. The second-order valence-corrected chi connectivity index (χ2v) is 5.27. The normalized spacial score (nSPS) is 11.5. The number of hydrogen-bond acceptors (Lipinski definition) is 6. The predicted molar refractivity (Wildman–Crippen MR) is 92.1 cm³/mol. The molecule has 2 aromatic rings. The highest BCUT2D eigenvalue weighted by atomic mass is 16.5. The van der Waals surface area contributed by atoms with Crippen molar-refractivity contribution in [2.24, 2.45) is 0 Å². The third-order valence-corrected chi connectivity index (χ3v) is 3.56. The number of carbonyl (C=O) groups excluding carboxylic acids is 1. The zero-order valence-corrected chi connectivity index (χ0v) is 14.3. The van der Waals surface area contributed by atoms with Crippen molar-refractivity contribution in [3.8, 4) is 11.5 Å². The Morgan fingerprint density at radius 2 is 1.92 bits per heavy atom. The van der Waals surface area contributed by atoms with E-state index in [1.807, 2.05) is 13.8 Å². The van der Waals surface area contributed by atoms with Crippen LogP contribution in [0.5, 0.6) is 11.5 Å². The van der Waals surface area contributed by atoms with E-state index in [0.717, 1.165) is 6.42 Å². The minimum absolute atomic E-state index is 0.108. The number of benzene rings is 1. The maximum atomic E-state index is 12.0. The fourth-order valence-corrected chi connectivity index (χ4v) is 1.95. The van der Waals surface area contributed by atoms with E-state index in [1.54, 1.807) is 32.4 Å². The Labute approximate surface area is 141 Å². The fourth-order valence-electron chi connectivity index (χ4n) is 1.95. The highest BCUT2D eigenvalue weighted by Crippen LogP contribution is 2.30. The molecule has 0 bridgehead atoms. The summed E-state index contributed by atoms with van der Waals surface area (Å²) in [6, 6.07) is 5.48. The number of anilines is 2. The van der Waals surface area contributed by atoms with Gasteiger partial charge in [-0.1, -0.05) is 6.92 Å². The number of ether oxygens (including phenoxy) is 2. The molecule has 1 amide bonds. The molecule has 7 nitrogen and oxygen atoms in total. The monoisotopic (exact) mass is 330 g/mol. The SMILES string of the molecule is CCC(C)NC(=O)c1cnc(Nc2cc(OC)ccc2OC)nc1. The Morgan fingerprint density at radius 1 is 1.21 bits per heavy atom. The zero-order chi connectivity index (χ0) is 17.5. The molecule has 1 atom stereocenters. The summed E-state index contributed by atoms with van der Waals surface area (Å²) in [7, 11) is 3.17. The van der Waals surface area contributed by atoms with Crippen LogP contribution in [0.3, 0.4) is 0 Å². The lowest BCUT2D eigenvalue weighted by molar-refractivity contribution is 0.0938. The maximum absolute atomic E-state index is 12.0. The van der Waals surface area contributed by atoms with E-state index < -0.39 is 0 Å². The lowest BCUT2D eigenvalue weighted by Crippen LogP contribution is -2.32. The molecule has 7 heteroatoms. The van der Waals surface area contributed by atoms with Gasteiger partial charge in [0.1, 0.15) is 11.5 Å². The van der Waals surface area contributed by atoms with Crippen LogP contribution in [0.2, 0.25) is 0 Å². The molecule has 0 fully saturated rings. The van der Waals surface area contributed by atoms with E-state index in [2.05, 4.69) is 20.6 Å². The van der Waals surface area contributed by atoms with E-state index in [-0.39, 0.29) is 11.9 Å². The number of nitrogens with zero attached hydrogens (tertiary/aromatic N) is 2. The number of nitrogens with one attached hydrogen (secondary N) is 2. The van der Waals surface area contributed by atoms with Crippen molar-refractivity contribution in [2.45, 2.75) is 26.3 Å². The third kappa shape index (κ3) is 4.34. The summed E-state index contributed by atoms with van der Waals surface area (Å²) in [6.07, 6.45) is 3.83. The van der Waals surface area contributed by atoms with Crippen LogP contribution in [0, 0.1) is 0 Å². The molecule has 1 aromatic heterocycles. The van der Waals surface area contributed by atoms with Crippen molar-refractivity contribution in [3.05, 3.63) is 36.2 Å². The average molecular weight is 330 g/mol. The van der Waals surface area contributed by atoms with Gasteiger partial charge in [-0.05, 0) is 25.5 Å². The highest BCUT2D eigenvalue weighted by Gasteiger charge is 2.11. The van der Waals surface area contributed by atoms with Crippen molar-refractivity contribution in [2.75, 3.05) is 19.5 Å². The molecule has 0 aliphatic heterocycles. The van der Waals surface area contributed by atoms with Gasteiger partial charge in [0.05, 0.1) is 25.5 Å². The summed E-state index contributed by atoms with van der Waals surface area (Å²) in [5.74, 6) is 1.50. The molecule has 1 unspecified atom stereocenters. The number of amides is 1. The lowest BCUT2D eigenvalue weighted by atomic mass is 10.2. The molecule has 2 rings (SSSR count). The minimum Gasteiger partial charge on any atom is -0.497 e. The van der Waals surface area contributed by atoms with Crippen LogP contribution in [0.1, 0.15) is 30.6 Å². The first-order chi connectivity index (χ1) is 11.6. The summed E-state index contributed by atoms with van der Waals surface area (Å²) in [4.78, 5) is 20.4. The Hall–Kier alpha value is -2.83. The fraction of sp³-hybridized carbons (Fsp3) is 0.353. The van der Waals surface area contributed by atoms with Gasteiger partial charge in [0.25, 0.3) is 5.91 Å². The molecule has 128 valence electrons. The number of methoxy groups -OCH3 is 2. The van der Waals surface area contributed by atoms with Crippen molar-refractivity contribution in [1.82, 2.24) is 15.3 Å². The van der Waals surface area contributed by atoms with E-state index in [4.69, 9.17) is 9.47 Å². The predicted octanol–water partition coefficient (Wildman–Crippen LogP) is 2.77. The largest absolute Gasteiger partial charge is 0.497 e.